The van der Waals surface area contributed by atoms with Crippen molar-refractivity contribution in [3.05, 3.63) is 57.6 Å². The van der Waals surface area contributed by atoms with Gasteiger partial charge in [-0.05, 0) is 76.7 Å². The van der Waals surface area contributed by atoms with Crippen LogP contribution < -0.4 is 0 Å². The van der Waals surface area contributed by atoms with Gasteiger partial charge in [-0.1, -0.05) is 6.92 Å². The molecule has 2 aromatic rings. The number of aromatic hydroxyl groups is 2. The first-order valence-corrected chi connectivity index (χ1v) is 19.9. The van der Waals surface area contributed by atoms with E-state index >= 15 is 0 Å². The van der Waals surface area contributed by atoms with Crippen LogP contribution in [0.4, 0.5) is 0 Å². The quantitative estimate of drug-likeness (QED) is 0.232. The predicted molar refractivity (Wildman–Crippen MR) is 199 cm³/mol. The van der Waals surface area contributed by atoms with Gasteiger partial charge in [0.1, 0.15) is 41.8 Å². The number of rotatable bonds is 7. The number of nitrogens with zero attached hydrogens (tertiary/aromatic N) is 1. The first-order chi connectivity index (χ1) is 27.5. The Morgan fingerprint density at radius 1 is 0.845 bits per heavy atom. The molecule has 0 radical (unpaired) electrons. The Kier molecular flexibility index (Phi) is 10.8. The molecule has 2 aliphatic carbocycles. The molecule has 16 heteroatoms. The van der Waals surface area contributed by atoms with Crippen LogP contribution in [0.3, 0.4) is 0 Å². The van der Waals surface area contributed by atoms with E-state index < -0.39 is 102 Å². The van der Waals surface area contributed by atoms with Crippen molar-refractivity contribution in [2.24, 2.45) is 0 Å². The van der Waals surface area contributed by atoms with E-state index in [1.54, 1.807) is 13.8 Å². The summed E-state index contributed by atoms with van der Waals surface area (Å²) in [6, 6.07) is 4.88. The molecule has 0 spiro atoms. The van der Waals surface area contributed by atoms with E-state index in [0.717, 1.165) is 12.1 Å². The van der Waals surface area contributed by atoms with Gasteiger partial charge in [-0.15, -0.1) is 0 Å². The fraction of sp³-hybridized carbons (Fsp3) is 0.619. The van der Waals surface area contributed by atoms with Crippen LogP contribution in [0.1, 0.15) is 115 Å². The van der Waals surface area contributed by atoms with E-state index in [-0.39, 0.29) is 65.0 Å². The van der Waals surface area contributed by atoms with Gasteiger partial charge in [0.15, 0.2) is 36.2 Å². The molecule has 6 aliphatic rings. The van der Waals surface area contributed by atoms with Gasteiger partial charge in [-0.2, -0.15) is 0 Å². The average Bonchev–Trinajstić information content (AvgIpc) is 3.18. The lowest BCUT2D eigenvalue weighted by molar-refractivity contribution is -0.371. The third-order valence-corrected chi connectivity index (χ3v) is 12.8. The molecule has 0 bridgehead atoms. The number of phenols is 2. The number of esters is 1. The minimum Gasteiger partial charge on any atom is -0.507 e. The van der Waals surface area contributed by atoms with Crippen LogP contribution in [0.15, 0.2) is 24.3 Å². The third-order valence-electron chi connectivity index (χ3n) is 12.8. The van der Waals surface area contributed by atoms with Crippen molar-refractivity contribution in [1.82, 2.24) is 4.90 Å². The molecule has 0 aromatic heterocycles. The fourth-order valence-electron chi connectivity index (χ4n) is 9.64. The van der Waals surface area contributed by atoms with Crippen molar-refractivity contribution < 1.29 is 72.4 Å². The summed E-state index contributed by atoms with van der Waals surface area (Å²) in [7, 11) is 5.05. The molecule has 4 saturated heterocycles. The number of aliphatic hydroxyl groups is 1. The second-order valence-electron chi connectivity index (χ2n) is 16.6. The van der Waals surface area contributed by atoms with Gasteiger partial charge < -0.3 is 58.1 Å². The Labute approximate surface area is 335 Å². The molecule has 0 saturated carbocycles. The first kappa shape index (κ1) is 40.9. The minimum atomic E-state index is -1.68. The van der Waals surface area contributed by atoms with Gasteiger partial charge in [0, 0.05) is 42.9 Å². The number of ether oxygens (including phenoxy) is 8. The Bertz CT molecular complexity index is 2000. The summed E-state index contributed by atoms with van der Waals surface area (Å²) in [6.07, 6.45) is -5.47. The summed E-state index contributed by atoms with van der Waals surface area (Å²) in [5, 5.41) is 33.3. The second-order valence-corrected chi connectivity index (χ2v) is 16.6. The van der Waals surface area contributed by atoms with Crippen molar-refractivity contribution in [2.75, 3.05) is 21.2 Å². The van der Waals surface area contributed by atoms with Crippen LogP contribution in [-0.4, -0.2) is 138 Å². The highest BCUT2D eigenvalue weighted by Crippen LogP contribution is 2.51. The molecular weight excluding hydrogens is 758 g/mol. The lowest BCUT2D eigenvalue weighted by Crippen LogP contribution is -2.62. The molecule has 14 atom stereocenters. The standard InChI is InChI=1S/C42H51NO15/c1-8-42(50)16-30(20-11-22-23(12-21(20)35(42)40(49)51-7)37(48)34-26(45)10-9-25(44)33(34)36(22)47)56-31-13-24(43(5)6)38(18(3)52-31)57-32-15-28-39(19(4)53-32)58-41-29(55-28)14-27(46)17(2)54-41/h9-12,17-19,24,28-32,35,38-39,41,44-45,50H,8,13-16H2,1-7H3/t17-,18-,19-,24-,28-,29-,30-,31-,32-,35-,38+,39+,41-,42-/m0/s1. The number of carbonyl (C=O) groups is 4. The Balaban J connectivity index is 1.05. The van der Waals surface area contributed by atoms with Crippen LogP contribution in [0, 0.1) is 0 Å². The van der Waals surface area contributed by atoms with Crippen molar-refractivity contribution >= 4 is 23.3 Å². The van der Waals surface area contributed by atoms with Gasteiger partial charge in [-0.25, -0.2) is 0 Å². The van der Waals surface area contributed by atoms with Crippen molar-refractivity contribution in [2.45, 2.75) is 145 Å². The summed E-state index contributed by atoms with van der Waals surface area (Å²) in [5.74, 6) is -4.35. The van der Waals surface area contributed by atoms with Crippen molar-refractivity contribution in [3.8, 4) is 11.5 Å². The smallest absolute Gasteiger partial charge is 0.316 e. The highest BCUT2D eigenvalue weighted by atomic mass is 16.8. The Morgan fingerprint density at radius 2 is 1.47 bits per heavy atom. The monoisotopic (exact) mass is 809 g/mol. The topological polar surface area (TPSA) is 206 Å². The van der Waals surface area contributed by atoms with E-state index in [9.17, 15) is 34.5 Å². The van der Waals surface area contributed by atoms with Crippen molar-refractivity contribution in [1.29, 1.82) is 0 Å². The molecule has 4 heterocycles. The number of ketones is 3. The summed E-state index contributed by atoms with van der Waals surface area (Å²) in [6.45, 7) is 7.19. The highest BCUT2D eigenvalue weighted by Gasteiger charge is 2.54. The van der Waals surface area contributed by atoms with Gasteiger partial charge in [-0.3, -0.25) is 19.2 Å². The maximum Gasteiger partial charge on any atom is 0.316 e. The van der Waals surface area contributed by atoms with Gasteiger partial charge in [0.25, 0.3) is 0 Å². The number of Topliss-reactive ketones (excluding diaryl/α,β-unsaturated/α-hetero) is 1. The van der Waals surface area contributed by atoms with Crippen LogP contribution in [-0.2, 0) is 47.5 Å². The fourth-order valence-corrected chi connectivity index (χ4v) is 9.64. The molecule has 0 amide bonds. The van der Waals surface area contributed by atoms with Gasteiger partial charge >= 0.3 is 5.97 Å². The zero-order valence-corrected chi connectivity index (χ0v) is 33.5. The van der Waals surface area contributed by atoms with Crippen molar-refractivity contribution in [3.63, 3.8) is 0 Å². The number of benzene rings is 2. The zero-order valence-electron chi connectivity index (χ0n) is 33.5. The number of carbonyl (C=O) groups excluding carboxylic acids is 4. The maximum atomic E-state index is 13.9. The summed E-state index contributed by atoms with van der Waals surface area (Å²) in [4.78, 5) is 55.6. The molecule has 58 heavy (non-hydrogen) atoms. The molecule has 3 N–H and O–H groups in total. The van der Waals surface area contributed by atoms with Crippen LogP contribution in [0.25, 0.3) is 0 Å². The van der Waals surface area contributed by atoms with E-state index in [2.05, 4.69) is 0 Å². The number of hydrogen-bond donors (Lipinski definition) is 3. The lowest BCUT2D eigenvalue weighted by Gasteiger charge is -2.51. The molecule has 4 aliphatic heterocycles. The molecule has 8 rings (SSSR count). The Morgan fingerprint density at radius 3 is 2.09 bits per heavy atom. The summed E-state index contributed by atoms with van der Waals surface area (Å²) >= 11 is 0. The third kappa shape index (κ3) is 6.85. The van der Waals surface area contributed by atoms with Gasteiger partial charge in [0.05, 0.1) is 48.3 Å². The van der Waals surface area contributed by atoms with E-state index in [4.69, 9.17) is 37.9 Å². The molecule has 16 nitrogen and oxygen atoms in total. The minimum absolute atomic E-state index is 0.0375. The number of fused-ring (bicyclic) bond motifs is 5. The second kappa shape index (κ2) is 15.3. The van der Waals surface area contributed by atoms with E-state index in [1.165, 1.54) is 19.2 Å². The molecule has 314 valence electrons. The highest BCUT2D eigenvalue weighted by molar-refractivity contribution is 6.30. The van der Waals surface area contributed by atoms with Crippen LogP contribution in [0.5, 0.6) is 11.5 Å². The summed E-state index contributed by atoms with van der Waals surface area (Å²) < 4.78 is 49.7. The SMILES string of the molecule is CC[C@]1(O)C[C@H](O[C@H]2C[C@H](N(C)C)[C@H](O[C@H]3C[C@@H]4O[C@H]5CC(=O)[C@H](C)O[C@H]5O[C@@H]4[C@H](C)O3)[C@H](C)O2)c2cc3c(cc2[C@H]1C(=O)OC)C(=O)c1c(O)ccc(O)c1C3=O. The van der Waals surface area contributed by atoms with Crippen LogP contribution in [0.2, 0.25) is 0 Å². The zero-order chi connectivity index (χ0) is 41.5. The number of likely N-dealkylation sites (N-methyl/N-ethyl adjacent to an activating group) is 1. The number of methoxy groups -OCH3 is 1. The van der Waals surface area contributed by atoms with Gasteiger partial charge in [0.2, 0.25) is 0 Å². The molecule has 2 aromatic carbocycles. The molecule has 0 unspecified atom stereocenters. The van der Waals surface area contributed by atoms with Crippen LogP contribution >= 0.6 is 0 Å². The number of hydrogen-bond acceptors (Lipinski definition) is 16. The molecule has 4 fully saturated rings. The van der Waals surface area contributed by atoms with E-state index in [0.29, 0.717) is 18.4 Å². The maximum absolute atomic E-state index is 13.9. The Hall–Kier alpha value is -3.84. The largest absolute Gasteiger partial charge is 0.507 e. The first-order valence-electron chi connectivity index (χ1n) is 19.9. The number of phenolic OH excluding ortho intramolecular Hbond substituents is 2. The lowest BCUT2D eigenvalue weighted by atomic mass is 9.67. The molecular formula is C42H51NO15. The van der Waals surface area contributed by atoms with E-state index in [1.807, 2.05) is 32.8 Å². The predicted octanol–water partition coefficient (Wildman–Crippen LogP) is 3.17. The average molecular weight is 810 g/mol. The summed E-state index contributed by atoms with van der Waals surface area (Å²) in [5.41, 5.74) is -1.86. The normalized spacial score (nSPS) is 38.3.